The molecule has 1 amide bonds. The van der Waals surface area contributed by atoms with Gasteiger partial charge < -0.3 is 9.15 Å². The highest BCUT2D eigenvalue weighted by molar-refractivity contribution is 9.10. The Labute approximate surface area is 197 Å². The van der Waals surface area contributed by atoms with Gasteiger partial charge in [0.15, 0.2) is 5.43 Å². The van der Waals surface area contributed by atoms with Crippen LogP contribution in [0.2, 0.25) is 0 Å². The summed E-state index contributed by atoms with van der Waals surface area (Å²) in [5.41, 5.74) is 2.09. The molecule has 1 aliphatic rings. The monoisotopic (exact) mass is 503 g/mol. The molecule has 0 aliphatic carbocycles. The summed E-state index contributed by atoms with van der Waals surface area (Å²) in [7, 11) is 0. The third-order valence-electron chi connectivity index (χ3n) is 5.60. The maximum Gasteiger partial charge on any atom is 0.338 e. The van der Waals surface area contributed by atoms with Gasteiger partial charge in [0.05, 0.1) is 29.2 Å². The van der Waals surface area contributed by atoms with Crippen molar-refractivity contribution >= 4 is 44.5 Å². The summed E-state index contributed by atoms with van der Waals surface area (Å²) in [4.78, 5) is 40.7. The quantitative estimate of drug-likeness (QED) is 0.344. The lowest BCUT2D eigenvalue weighted by molar-refractivity contribution is 0.0526. The van der Waals surface area contributed by atoms with Crippen LogP contribution in [0.15, 0.2) is 86.5 Å². The molecule has 33 heavy (non-hydrogen) atoms. The Morgan fingerprint density at radius 1 is 1.03 bits per heavy atom. The third-order valence-corrected chi connectivity index (χ3v) is 6.09. The highest BCUT2D eigenvalue weighted by atomic mass is 79.9. The van der Waals surface area contributed by atoms with Gasteiger partial charge in [-0.1, -0.05) is 40.2 Å². The van der Waals surface area contributed by atoms with Crippen molar-refractivity contribution in [1.29, 1.82) is 0 Å². The second-order valence-electron chi connectivity index (χ2n) is 7.57. The minimum absolute atomic E-state index is 0.0261. The van der Waals surface area contributed by atoms with Gasteiger partial charge in [0.1, 0.15) is 5.58 Å². The second kappa shape index (κ2) is 8.33. The molecule has 0 N–H and O–H groups in total. The summed E-state index contributed by atoms with van der Waals surface area (Å²) in [6.07, 6.45) is 0. The van der Waals surface area contributed by atoms with Gasteiger partial charge in [-0.05, 0) is 61.0 Å². The van der Waals surface area contributed by atoms with Crippen LogP contribution in [0.25, 0.3) is 11.0 Å². The van der Waals surface area contributed by atoms with Gasteiger partial charge >= 0.3 is 5.97 Å². The molecule has 1 aromatic heterocycles. The van der Waals surface area contributed by atoms with Crippen molar-refractivity contribution in [3.8, 4) is 0 Å². The van der Waals surface area contributed by atoms with E-state index in [1.807, 2.05) is 24.3 Å². The summed E-state index contributed by atoms with van der Waals surface area (Å²) >= 11 is 3.48. The van der Waals surface area contributed by atoms with Crippen LogP contribution in [0.4, 0.5) is 5.69 Å². The molecule has 7 heteroatoms. The maximum atomic E-state index is 13.6. The number of halogens is 1. The molecular weight excluding hydrogens is 486 g/mol. The minimum atomic E-state index is -0.681. The Kier molecular flexibility index (Phi) is 5.34. The molecule has 0 bridgehead atoms. The van der Waals surface area contributed by atoms with Crippen molar-refractivity contribution in [2.24, 2.45) is 0 Å². The van der Waals surface area contributed by atoms with Crippen LogP contribution >= 0.6 is 15.9 Å². The molecule has 6 nitrogen and oxygen atoms in total. The van der Waals surface area contributed by atoms with Crippen molar-refractivity contribution < 1.29 is 18.7 Å². The van der Waals surface area contributed by atoms with Crippen molar-refractivity contribution in [3.63, 3.8) is 0 Å². The summed E-state index contributed by atoms with van der Waals surface area (Å²) in [6.45, 7) is 2.01. The molecule has 164 valence electrons. The van der Waals surface area contributed by atoms with Crippen LogP contribution in [-0.4, -0.2) is 18.5 Å². The fourth-order valence-corrected chi connectivity index (χ4v) is 4.57. The van der Waals surface area contributed by atoms with E-state index in [0.717, 1.165) is 10.0 Å². The number of benzene rings is 3. The molecule has 2 heterocycles. The van der Waals surface area contributed by atoms with E-state index in [4.69, 9.17) is 9.15 Å². The van der Waals surface area contributed by atoms with Gasteiger partial charge in [-0.2, -0.15) is 0 Å². The Hall–Kier alpha value is -3.71. The standard InChI is InChI=1S/C26H18BrNO5/c1-2-32-26(31)15-10-12-18(13-11-15)28-22(16-6-5-7-17(27)14-16)21-23(29)19-8-3-4-9-20(19)33-24(21)25(28)30/h3-14,22H,2H2,1H3. The van der Waals surface area contributed by atoms with Crippen molar-refractivity contribution in [1.82, 2.24) is 0 Å². The number of carbonyl (C=O) groups excluding carboxylic acids is 2. The lowest BCUT2D eigenvalue weighted by atomic mass is 9.98. The summed E-state index contributed by atoms with van der Waals surface area (Å²) < 4.78 is 11.8. The maximum absolute atomic E-state index is 13.6. The molecule has 0 fully saturated rings. The lowest BCUT2D eigenvalue weighted by Crippen LogP contribution is -2.29. The molecule has 4 aromatic rings. The Morgan fingerprint density at radius 2 is 1.79 bits per heavy atom. The molecule has 0 saturated carbocycles. The van der Waals surface area contributed by atoms with E-state index in [-0.39, 0.29) is 17.8 Å². The number of fused-ring (bicyclic) bond motifs is 2. The average molecular weight is 504 g/mol. The van der Waals surface area contributed by atoms with Crippen molar-refractivity contribution in [3.05, 3.63) is 110 Å². The van der Waals surface area contributed by atoms with Crippen LogP contribution in [-0.2, 0) is 4.74 Å². The molecule has 0 radical (unpaired) electrons. The fourth-order valence-electron chi connectivity index (χ4n) is 4.15. The molecule has 0 saturated heterocycles. The molecule has 1 atom stereocenters. The van der Waals surface area contributed by atoms with Crippen LogP contribution in [0, 0.1) is 0 Å². The summed E-state index contributed by atoms with van der Waals surface area (Å²) in [6, 6.07) is 20.2. The van der Waals surface area contributed by atoms with E-state index in [9.17, 15) is 14.4 Å². The highest BCUT2D eigenvalue weighted by Gasteiger charge is 2.43. The molecule has 1 unspecified atom stereocenters. The van der Waals surface area contributed by atoms with Crippen molar-refractivity contribution in [2.45, 2.75) is 13.0 Å². The van der Waals surface area contributed by atoms with Crippen molar-refractivity contribution in [2.75, 3.05) is 11.5 Å². The first-order valence-corrected chi connectivity index (χ1v) is 11.2. The predicted octanol–water partition coefficient (Wildman–Crippen LogP) is 5.48. The lowest BCUT2D eigenvalue weighted by Gasteiger charge is -2.25. The number of amides is 1. The zero-order chi connectivity index (χ0) is 23.1. The van der Waals surface area contributed by atoms with Gasteiger partial charge in [-0.3, -0.25) is 14.5 Å². The number of hydrogen-bond donors (Lipinski definition) is 0. The largest absolute Gasteiger partial charge is 0.462 e. The number of para-hydroxylation sites is 1. The smallest absolute Gasteiger partial charge is 0.338 e. The topological polar surface area (TPSA) is 76.8 Å². The number of hydrogen-bond acceptors (Lipinski definition) is 5. The number of anilines is 1. The van der Waals surface area contributed by atoms with E-state index in [2.05, 4.69) is 15.9 Å². The van der Waals surface area contributed by atoms with E-state index >= 15 is 0 Å². The first kappa shape index (κ1) is 21.2. The van der Waals surface area contributed by atoms with Gasteiger partial charge in [0, 0.05) is 10.2 Å². The summed E-state index contributed by atoms with van der Waals surface area (Å²) in [5, 5.41) is 0.420. The zero-order valence-electron chi connectivity index (χ0n) is 17.6. The number of rotatable bonds is 4. The van der Waals surface area contributed by atoms with Gasteiger partial charge in [-0.25, -0.2) is 4.79 Å². The molecular formula is C26H18BrNO5. The number of ether oxygens (including phenoxy) is 1. The van der Waals surface area contributed by atoms with Gasteiger partial charge in [0.2, 0.25) is 5.76 Å². The van der Waals surface area contributed by atoms with E-state index in [1.165, 1.54) is 4.90 Å². The zero-order valence-corrected chi connectivity index (χ0v) is 19.2. The normalized spacial score (nSPS) is 15.0. The van der Waals surface area contributed by atoms with Gasteiger partial charge in [-0.15, -0.1) is 0 Å². The molecule has 3 aromatic carbocycles. The molecule has 5 rings (SSSR count). The minimum Gasteiger partial charge on any atom is -0.462 e. The van der Waals surface area contributed by atoms with Crippen LogP contribution in [0.3, 0.4) is 0 Å². The highest BCUT2D eigenvalue weighted by Crippen LogP contribution is 2.41. The second-order valence-corrected chi connectivity index (χ2v) is 8.49. The summed E-state index contributed by atoms with van der Waals surface area (Å²) in [5.74, 6) is -0.827. The van der Waals surface area contributed by atoms with Crippen LogP contribution in [0.1, 0.15) is 45.0 Å². The Bertz CT molecular complexity index is 1460. The number of esters is 1. The predicted molar refractivity (Wildman–Crippen MR) is 128 cm³/mol. The first-order valence-electron chi connectivity index (χ1n) is 10.4. The Balaban J connectivity index is 1.70. The molecule has 0 spiro atoms. The van der Waals surface area contributed by atoms with Crippen LogP contribution in [0.5, 0.6) is 0 Å². The molecule has 1 aliphatic heterocycles. The number of nitrogens with zero attached hydrogens (tertiary/aromatic N) is 1. The van der Waals surface area contributed by atoms with E-state index in [0.29, 0.717) is 27.8 Å². The Morgan fingerprint density at radius 3 is 2.52 bits per heavy atom. The third kappa shape index (κ3) is 3.54. The SMILES string of the molecule is CCOC(=O)c1ccc(N2C(=O)c3oc4ccccc4c(=O)c3C2c2cccc(Br)c2)cc1. The van der Waals surface area contributed by atoms with Crippen LogP contribution < -0.4 is 10.3 Å². The average Bonchev–Trinajstić information content (AvgIpc) is 3.12. The van der Waals surface area contributed by atoms with E-state index < -0.39 is 17.9 Å². The number of carbonyl (C=O) groups is 2. The van der Waals surface area contributed by atoms with E-state index in [1.54, 1.807) is 55.5 Å². The fraction of sp³-hybridized carbons (Fsp3) is 0.115. The first-order chi connectivity index (χ1) is 16.0. The van der Waals surface area contributed by atoms with Gasteiger partial charge in [0.25, 0.3) is 5.91 Å².